The highest BCUT2D eigenvalue weighted by Crippen LogP contribution is 2.37. The lowest BCUT2D eigenvalue weighted by Gasteiger charge is -2.25. The number of carbonyl (C=O) groups is 1. The molecule has 1 aliphatic heterocycles. The third-order valence-corrected chi connectivity index (χ3v) is 8.01. The predicted molar refractivity (Wildman–Crippen MR) is 164 cm³/mol. The average molecular weight is 563 g/mol. The van der Waals surface area contributed by atoms with Crippen molar-refractivity contribution < 1.29 is 9.53 Å². The second-order valence-corrected chi connectivity index (χ2v) is 11.2. The van der Waals surface area contributed by atoms with Crippen molar-refractivity contribution in [3.63, 3.8) is 0 Å². The Balaban J connectivity index is 1.25. The summed E-state index contributed by atoms with van der Waals surface area (Å²) in [4.78, 5) is 30.3. The van der Waals surface area contributed by atoms with Crippen molar-refractivity contribution in [2.45, 2.75) is 19.9 Å². The molecule has 0 spiro atoms. The predicted octanol–water partition coefficient (Wildman–Crippen LogP) is 6.57. The van der Waals surface area contributed by atoms with Crippen LogP contribution in [0.5, 0.6) is 5.75 Å². The number of aromatic nitrogens is 3. The molecule has 3 aromatic carbocycles. The van der Waals surface area contributed by atoms with E-state index in [9.17, 15) is 4.79 Å². The molecule has 1 amide bonds. The second kappa shape index (κ2) is 11.5. The zero-order chi connectivity index (χ0) is 28.3. The van der Waals surface area contributed by atoms with Crippen molar-refractivity contribution in [2.75, 3.05) is 31.3 Å². The summed E-state index contributed by atoms with van der Waals surface area (Å²) in [5.41, 5.74) is 7.38. The van der Waals surface area contributed by atoms with Crippen molar-refractivity contribution in [3.8, 4) is 27.6 Å². The number of hydrogen-bond acceptors (Lipinski definition) is 8. The highest BCUT2D eigenvalue weighted by atomic mass is 32.1. The number of thiazole rings is 1. The number of hydrogen-bond donors (Lipinski definition) is 2. The van der Waals surface area contributed by atoms with Crippen LogP contribution in [0.3, 0.4) is 0 Å². The molecule has 1 aliphatic rings. The third-order valence-electron chi connectivity index (χ3n) is 7.01. The topological polar surface area (TPSA) is 92.3 Å². The molecule has 9 heteroatoms. The quantitative estimate of drug-likeness (QED) is 0.232. The first-order valence-electron chi connectivity index (χ1n) is 13.4. The number of amides is 1. The molecule has 0 fully saturated rings. The fraction of sp³-hybridized carbons (Fsp3) is 0.188. The summed E-state index contributed by atoms with van der Waals surface area (Å²) in [5, 5.41) is 7.30. The van der Waals surface area contributed by atoms with E-state index < -0.39 is 0 Å². The van der Waals surface area contributed by atoms with Gasteiger partial charge in [0.2, 0.25) is 5.95 Å². The van der Waals surface area contributed by atoms with Gasteiger partial charge >= 0.3 is 0 Å². The van der Waals surface area contributed by atoms with E-state index in [-0.39, 0.29) is 5.91 Å². The summed E-state index contributed by atoms with van der Waals surface area (Å²) in [6, 6.07) is 23.1. The standard InChI is InChI=1S/C32H30N6O2S/c1-20-34-29(22-6-4-8-25(16-22)35-31(39)23-7-5-9-27(18-23)40-3)30(41-20)28-12-14-33-32(37-28)36-26-11-10-21-13-15-38(2)19-24(21)17-26/h4-12,14,16-18H,13,15,19H2,1-3H3,(H,35,39)(H,33,36,37). The highest BCUT2D eigenvalue weighted by Gasteiger charge is 2.17. The first kappa shape index (κ1) is 26.6. The summed E-state index contributed by atoms with van der Waals surface area (Å²) < 4.78 is 5.25. The van der Waals surface area contributed by atoms with E-state index >= 15 is 0 Å². The van der Waals surface area contributed by atoms with Gasteiger partial charge in [0.15, 0.2) is 0 Å². The summed E-state index contributed by atoms with van der Waals surface area (Å²) in [5.74, 6) is 0.950. The van der Waals surface area contributed by atoms with Gasteiger partial charge in [0.1, 0.15) is 5.75 Å². The van der Waals surface area contributed by atoms with Crippen LogP contribution in [0, 0.1) is 6.92 Å². The van der Waals surface area contributed by atoms with Gasteiger partial charge in [-0.15, -0.1) is 11.3 Å². The number of ether oxygens (including phenoxy) is 1. The molecular formula is C32H30N6O2S. The van der Waals surface area contributed by atoms with Crippen molar-refractivity contribution in [3.05, 3.63) is 101 Å². The molecule has 0 radical (unpaired) electrons. The van der Waals surface area contributed by atoms with Gasteiger partial charge in [-0.3, -0.25) is 4.79 Å². The van der Waals surface area contributed by atoms with Gasteiger partial charge in [0.05, 0.1) is 28.4 Å². The molecule has 2 N–H and O–H groups in total. The minimum absolute atomic E-state index is 0.212. The van der Waals surface area contributed by atoms with Crippen LogP contribution in [0.25, 0.3) is 21.8 Å². The molecule has 2 aromatic heterocycles. The summed E-state index contributed by atoms with van der Waals surface area (Å²) in [6.45, 7) is 4.00. The number of likely N-dealkylation sites (N-methyl/N-ethyl adjacent to an activating group) is 1. The normalized spacial score (nSPS) is 13.0. The minimum atomic E-state index is -0.212. The lowest BCUT2D eigenvalue weighted by Crippen LogP contribution is -2.26. The van der Waals surface area contributed by atoms with E-state index in [4.69, 9.17) is 14.7 Å². The monoisotopic (exact) mass is 562 g/mol. The summed E-state index contributed by atoms with van der Waals surface area (Å²) in [6.07, 6.45) is 2.83. The smallest absolute Gasteiger partial charge is 0.255 e. The van der Waals surface area contributed by atoms with Crippen molar-refractivity contribution in [1.82, 2.24) is 19.9 Å². The van der Waals surface area contributed by atoms with Crippen molar-refractivity contribution in [2.24, 2.45) is 0 Å². The maximum absolute atomic E-state index is 12.9. The van der Waals surface area contributed by atoms with E-state index in [2.05, 4.69) is 45.8 Å². The average Bonchev–Trinajstić information content (AvgIpc) is 3.39. The van der Waals surface area contributed by atoms with E-state index in [0.29, 0.717) is 22.9 Å². The van der Waals surface area contributed by atoms with Crippen LogP contribution in [0.15, 0.2) is 79.0 Å². The van der Waals surface area contributed by atoms with E-state index in [1.807, 2.05) is 43.3 Å². The Morgan fingerprint density at radius 1 is 0.976 bits per heavy atom. The molecule has 0 unspecified atom stereocenters. The first-order valence-corrected chi connectivity index (χ1v) is 14.2. The number of fused-ring (bicyclic) bond motifs is 1. The number of anilines is 3. The number of nitrogens with one attached hydrogen (secondary N) is 2. The van der Waals surface area contributed by atoms with Crippen LogP contribution < -0.4 is 15.4 Å². The fourth-order valence-electron chi connectivity index (χ4n) is 4.96. The van der Waals surface area contributed by atoms with Crippen LogP contribution in [-0.4, -0.2) is 46.5 Å². The molecular weight excluding hydrogens is 532 g/mol. The Bertz CT molecular complexity index is 1730. The number of methoxy groups -OCH3 is 1. The third kappa shape index (κ3) is 5.96. The maximum atomic E-state index is 12.9. The van der Waals surface area contributed by atoms with Gasteiger partial charge in [-0.05, 0) is 80.1 Å². The molecule has 5 aromatic rings. The highest BCUT2D eigenvalue weighted by molar-refractivity contribution is 7.15. The lowest BCUT2D eigenvalue weighted by molar-refractivity contribution is 0.102. The molecule has 8 nitrogen and oxygen atoms in total. The van der Waals surface area contributed by atoms with E-state index in [0.717, 1.165) is 52.0 Å². The number of carbonyl (C=O) groups excluding carboxylic acids is 1. The summed E-state index contributed by atoms with van der Waals surface area (Å²) >= 11 is 1.58. The zero-order valence-corrected chi connectivity index (χ0v) is 24.0. The number of benzene rings is 3. The SMILES string of the molecule is COc1cccc(C(=O)Nc2cccc(-c3nc(C)sc3-c3ccnc(Nc4ccc5c(c4)CN(C)CC5)n3)c2)c1. The van der Waals surface area contributed by atoms with E-state index in [1.165, 1.54) is 11.1 Å². The molecule has 0 atom stereocenters. The Morgan fingerprint density at radius 2 is 1.85 bits per heavy atom. The Morgan fingerprint density at radius 3 is 2.73 bits per heavy atom. The van der Waals surface area contributed by atoms with Crippen molar-refractivity contribution in [1.29, 1.82) is 0 Å². The van der Waals surface area contributed by atoms with Gasteiger partial charge in [-0.2, -0.15) is 0 Å². The Hall–Kier alpha value is -4.60. The zero-order valence-electron chi connectivity index (χ0n) is 23.1. The van der Waals surface area contributed by atoms with Crippen LogP contribution in [0.2, 0.25) is 0 Å². The maximum Gasteiger partial charge on any atom is 0.255 e. The van der Waals surface area contributed by atoms with Gasteiger partial charge in [-0.25, -0.2) is 15.0 Å². The molecule has 6 rings (SSSR count). The summed E-state index contributed by atoms with van der Waals surface area (Å²) in [7, 11) is 3.73. The number of rotatable bonds is 7. The Labute approximate surface area is 243 Å². The molecule has 0 bridgehead atoms. The molecule has 0 saturated heterocycles. The molecule has 0 aliphatic carbocycles. The molecule has 206 valence electrons. The van der Waals surface area contributed by atoms with Gasteiger partial charge in [-0.1, -0.05) is 24.3 Å². The Kier molecular flexibility index (Phi) is 7.45. The molecule has 41 heavy (non-hydrogen) atoms. The van der Waals surface area contributed by atoms with Crippen LogP contribution in [-0.2, 0) is 13.0 Å². The largest absolute Gasteiger partial charge is 0.497 e. The van der Waals surface area contributed by atoms with Crippen LogP contribution in [0.1, 0.15) is 26.5 Å². The second-order valence-electron chi connectivity index (χ2n) is 10.0. The first-order chi connectivity index (χ1) is 19.9. The number of nitrogens with zero attached hydrogens (tertiary/aromatic N) is 4. The molecule has 0 saturated carbocycles. The van der Waals surface area contributed by atoms with Gasteiger partial charge in [0.25, 0.3) is 5.91 Å². The van der Waals surface area contributed by atoms with Crippen LogP contribution in [0.4, 0.5) is 17.3 Å². The minimum Gasteiger partial charge on any atom is -0.497 e. The van der Waals surface area contributed by atoms with Crippen LogP contribution >= 0.6 is 11.3 Å². The lowest BCUT2D eigenvalue weighted by atomic mass is 9.99. The molecule has 3 heterocycles. The van der Waals surface area contributed by atoms with Crippen molar-refractivity contribution >= 4 is 34.6 Å². The van der Waals surface area contributed by atoms with E-state index in [1.54, 1.807) is 42.8 Å². The number of aryl methyl sites for hydroxylation is 1. The van der Waals surface area contributed by atoms with Gasteiger partial charge < -0.3 is 20.3 Å². The fourth-order valence-corrected chi connectivity index (χ4v) is 5.87. The van der Waals surface area contributed by atoms with Gasteiger partial charge in [0, 0.05) is 41.8 Å².